The van der Waals surface area contributed by atoms with Crippen LogP contribution in [-0.2, 0) is 20.7 Å². The van der Waals surface area contributed by atoms with Crippen LogP contribution in [0.1, 0.15) is 12.0 Å². The molecule has 0 amide bonds. The van der Waals surface area contributed by atoms with Crippen LogP contribution in [0.4, 0.5) is 0 Å². The lowest BCUT2D eigenvalue weighted by Gasteiger charge is -2.06. The highest BCUT2D eigenvalue weighted by atomic mass is 16.6. The summed E-state index contributed by atoms with van der Waals surface area (Å²) in [5.74, 6) is -0.103. The van der Waals surface area contributed by atoms with Crippen LogP contribution in [0.15, 0.2) is 30.3 Å². The van der Waals surface area contributed by atoms with Crippen molar-refractivity contribution in [3.63, 3.8) is 0 Å². The Balaban J connectivity index is 1.94. The summed E-state index contributed by atoms with van der Waals surface area (Å²) in [6.45, 7) is 0.497. The monoisotopic (exact) mass is 220 g/mol. The van der Waals surface area contributed by atoms with Crippen molar-refractivity contribution in [3.8, 4) is 0 Å². The lowest BCUT2D eigenvalue weighted by atomic mass is 9.96. The molecule has 2 atom stereocenters. The van der Waals surface area contributed by atoms with Gasteiger partial charge in [0.2, 0.25) is 0 Å². The first kappa shape index (κ1) is 11.1. The molecule has 3 nitrogen and oxygen atoms in total. The molecule has 0 bridgehead atoms. The molecule has 1 aromatic carbocycles. The van der Waals surface area contributed by atoms with Crippen LogP contribution in [-0.4, -0.2) is 25.8 Å². The number of hydrogen-bond donors (Lipinski definition) is 0. The molecule has 0 N–H and O–H groups in total. The van der Waals surface area contributed by atoms with E-state index in [1.807, 2.05) is 30.3 Å². The van der Waals surface area contributed by atoms with Crippen molar-refractivity contribution >= 4 is 5.97 Å². The number of benzene rings is 1. The topological polar surface area (TPSA) is 35.5 Å². The quantitative estimate of drug-likeness (QED) is 0.726. The number of cyclic esters (lactones) is 1. The molecular weight excluding hydrogens is 204 g/mol. The van der Waals surface area contributed by atoms with Gasteiger partial charge in [0.1, 0.15) is 6.10 Å². The molecule has 1 heterocycles. The van der Waals surface area contributed by atoms with Crippen LogP contribution in [0.5, 0.6) is 0 Å². The molecule has 0 spiro atoms. The molecule has 86 valence electrons. The zero-order valence-corrected chi connectivity index (χ0v) is 9.39. The minimum atomic E-state index is -0.0918. The second-order valence-corrected chi connectivity index (χ2v) is 4.14. The summed E-state index contributed by atoms with van der Waals surface area (Å²) in [4.78, 5) is 11.6. The van der Waals surface area contributed by atoms with E-state index in [2.05, 4.69) is 0 Å². The van der Waals surface area contributed by atoms with Gasteiger partial charge in [-0.1, -0.05) is 30.3 Å². The van der Waals surface area contributed by atoms with E-state index in [0.29, 0.717) is 6.61 Å². The van der Waals surface area contributed by atoms with Crippen molar-refractivity contribution in [2.75, 3.05) is 13.7 Å². The van der Waals surface area contributed by atoms with E-state index in [4.69, 9.17) is 9.47 Å². The third kappa shape index (κ3) is 2.61. The summed E-state index contributed by atoms with van der Waals surface area (Å²) >= 11 is 0. The summed E-state index contributed by atoms with van der Waals surface area (Å²) in [5.41, 5.74) is 1.18. The van der Waals surface area contributed by atoms with Gasteiger partial charge in [0, 0.05) is 13.5 Å². The molecule has 2 rings (SSSR count). The fraction of sp³-hybridized carbons (Fsp3) is 0.462. The second-order valence-electron chi connectivity index (χ2n) is 4.14. The molecule has 0 unspecified atom stereocenters. The number of ether oxygens (including phenoxy) is 2. The molecule has 3 heteroatoms. The van der Waals surface area contributed by atoms with Crippen LogP contribution in [0.2, 0.25) is 0 Å². The maximum absolute atomic E-state index is 11.6. The largest absolute Gasteiger partial charge is 0.460 e. The Morgan fingerprint density at radius 2 is 2.12 bits per heavy atom. The second kappa shape index (κ2) is 5.12. The maximum Gasteiger partial charge on any atom is 0.309 e. The van der Waals surface area contributed by atoms with Gasteiger partial charge in [0.25, 0.3) is 0 Å². The van der Waals surface area contributed by atoms with E-state index in [1.165, 1.54) is 5.56 Å². The summed E-state index contributed by atoms with van der Waals surface area (Å²) in [6, 6.07) is 10.0. The average Bonchev–Trinajstić information content (AvgIpc) is 2.61. The number of hydrogen-bond acceptors (Lipinski definition) is 3. The maximum atomic E-state index is 11.6. The lowest BCUT2D eigenvalue weighted by molar-refractivity contribution is -0.145. The Bertz CT molecular complexity index is 347. The fourth-order valence-corrected chi connectivity index (χ4v) is 2.08. The van der Waals surface area contributed by atoms with E-state index >= 15 is 0 Å². The minimum absolute atomic E-state index is 0.0115. The molecule has 0 saturated carbocycles. The van der Waals surface area contributed by atoms with Crippen molar-refractivity contribution < 1.29 is 14.3 Å². The highest BCUT2D eigenvalue weighted by Gasteiger charge is 2.34. The van der Waals surface area contributed by atoms with E-state index < -0.39 is 0 Å². The molecule has 1 aliphatic rings. The van der Waals surface area contributed by atoms with Gasteiger partial charge in [-0.3, -0.25) is 4.79 Å². The summed E-state index contributed by atoms with van der Waals surface area (Å²) < 4.78 is 10.2. The fourth-order valence-electron chi connectivity index (χ4n) is 2.08. The first-order chi connectivity index (χ1) is 7.79. The van der Waals surface area contributed by atoms with Gasteiger partial charge in [-0.2, -0.15) is 0 Å². The van der Waals surface area contributed by atoms with Gasteiger partial charge in [-0.15, -0.1) is 0 Å². The predicted molar refractivity (Wildman–Crippen MR) is 60.0 cm³/mol. The van der Waals surface area contributed by atoms with E-state index in [1.54, 1.807) is 7.11 Å². The van der Waals surface area contributed by atoms with Crippen LogP contribution in [0.25, 0.3) is 0 Å². The first-order valence-electron chi connectivity index (χ1n) is 5.53. The molecular formula is C13H16O3. The Labute approximate surface area is 95.4 Å². The number of carbonyl (C=O) groups is 1. The average molecular weight is 220 g/mol. The van der Waals surface area contributed by atoms with E-state index in [-0.39, 0.29) is 18.0 Å². The Kier molecular flexibility index (Phi) is 3.57. The van der Waals surface area contributed by atoms with Gasteiger partial charge < -0.3 is 9.47 Å². The van der Waals surface area contributed by atoms with Crippen molar-refractivity contribution in [3.05, 3.63) is 35.9 Å². The van der Waals surface area contributed by atoms with Crippen LogP contribution in [0.3, 0.4) is 0 Å². The Morgan fingerprint density at radius 1 is 1.38 bits per heavy atom. The van der Waals surface area contributed by atoms with Crippen LogP contribution >= 0.6 is 0 Å². The number of rotatable bonds is 4. The third-order valence-electron chi connectivity index (χ3n) is 2.84. The van der Waals surface area contributed by atoms with Crippen molar-refractivity contribution in [1.82, 2.24) is 0 Å². The molecule has 0 radical (unpaired) electrons. The van der Waals surface area contributed by atoms with Crippen molar-refractivity contribution in [1.29, 1.82) is 0 Å². The molecule has 0 aromatic heterocycles. The number of carbonyl (C=O) groups excluding carboxylic acids is 1. The third-order valence-corrected chi connectivity index (χ3v) is 2.84. The predicted octanol–water partition coefficient (Wildman–Crippen LogP) is 1.81. The molecule has 1 aromatic rings. The van der Waals surface area contributed by atoms with Gasteiger partial charge in [0.05, 0.1) is 12.5 Å². The summed E-state index contributed by atoms with van der Waals surface area (Å²) in [7, 11) is 1.62. The zero-order valence-electron chi connectivity index (χ0n) is 9.39. The first-order valence-corrected chi connectivity index (χ1v) is 5.53. The zero-order chi connectivity index (χ0) is 11.4. The standard InChI is InChI=1S/C13H16O3/c1-15-9-12-8-11(13(14)16-12)7-10-5-3-2-4-6-10/h2-6,11-12H,7-9H2,1H3/t11-,12+/m1/s1. The molecule has 16 heavy (non-hydrogen) atoms. The Morgan fingerprint density at radius 3 is 2.81 bits per heavy atom. The SMILES string of the molecule is COC[C@@H]1C[C@@H](Cc2ccccc2)C(=O)O1. The van der Waals surface area contributed by atoms with Gasteiger partial charge in [0.15, 0.2) is 0 Å². The molecule has 1 saturated heterocycles. The van der Waals surface area contributed by atoms with E-state index in [9.17, 15) is 4.79 Å². The van der Waals surface area contributed by atoms with Gasteiger partial charge >= 0.3 is 5.97 Å². The van der Waals surface area contributed by atoms with Gasteiger partial charge in [-0.25, -0.2) is 0 Å². The van der Waals surface area contributed by atoms with Crippen LogP contribution in [0, 0.1) is 5.92 Å². The minimum Gasteiger partial charge on any atom is -0.460 e. The molecule has 1 aliphatic heterocycles. The summed E-state index contributed by atoms with van der Waals surface area (Å²) in [6.07, 6.45) is 1.47. The lowest BCUT2D eigenvalue weighted by Crippen LogP contribution is -2.13. The summed E-state index contributed by atoms with van der Waals surface area (Å²) in [5, 5.41) is 0. The number of methoxy groups -OCH3 is 1. The molecule has 0 aliphatic carbocycles. The van der Waals surface area contributed by atoms with Crippen molar-refractivity contribution in [2.45, 2.75) is 18.9 Å². The van der Waals surface area contributed by atoms with Crippen LogP contribution < -0.4 is 0 Å². The molecule has 1 fully saturated rings. The van der Waals surface area contributed by atoms with Crippen molar-refractivity contribution in [2.24, 2.45) is 5.92 Å². The highest BCUT2D eigenvalue weighted by molar-refractivity contribution is 5.75. The Hall–Kier alpha value is -1.35. The van der Waals surface area contributed by atoms with E-state index in [0.717, 1.165) is 12.8 Å². The highest BCUT2D eigenvalue weighted by Crippen LogP contribution is 2.24. The smallest absolute Gasteiger partial charge is 0.309 e. The number of esters is 1. The normalized spacial score (nSPS) is 24.4. The van der Waals surface area contributed by atoms with Gasteiger partial charge in [-0.05, 0) is 12.0 Å².